The van der Waals surface area contributed by atoms with Crippen molar-refractivity contribution < 1.29 is 13.2 Å². The highest BCUT2D eigenvalue weighted by molar-refractivity contribution is 7.89. The fraction of sp³-hybridized carbons (Fsp3) is 0.500. The summed E-state index contributed by atoms with van der Waals surface area (Å²) in [5, 5.41) is 0.691. The Balaban J connectivity index is 1.45. The van der Waals surface area contributed by atoms with Crippen LogP contribution in [-0.4, -0.2) is 67.4 Å². The molecule has 0 atom stereocenters. The maximum absolute atomic E-state index is 13.1. The second-order valence-corrected chi connectivity index (χ2v) is 10.9. The van der Waals surface area contributed by atoms with Crippen LogP contribution in [0.15, 0.2) is 41.4 Å². The fourth-order valence-electron chi connectivity index (χ4n) is 4.26. The zero-order chi connectivity index (χ0) is 22.2. The maximum atomic E-state index is 13.1. The minimum atomic E-state index is -3.58. The smallest absolute Gasteiger partial charge is 0.270 e. The minimum Gasteiger partial charge on any atom is -0.368 e. The van der Waals surface area contributed by atoms with E-state index < -0.39 is 10.0 Å². The van der Waals surface area contributed by atoms with Crippen LogP contribution < -0.4 is 4.90 Å². The Morgan fingerprint density at radius 3 is 2.35 bits per heavy atom. The van der Waals surface area contributed by atoms with E-state index in [1.54, 1.807) is 27.0 Å². The number of piperidine rings is 1. The van der Waals surface area contributed by atoms with Crippen molar-refractivity contribution in [2.75, 3.05) is 44.2 Å². The Hall–Kier alpha value is -2.03. The zero-order valence-corrected chi connectivity index (χ0v) is 19.6. The van der Waals surface area contributed by atoms with Crippen molar-refractivity contribution in [2.24, 2.45) is 13.0 Å². The molecular formula is C22H29ClN4O3S. The topological polar surface area (TPSA) is 65.9 Å². The quantitative estimate of drug-likeness (QED) is 0.697. The molecule has 2 saturated heterocycles. The van der Waals surface area contributed by atoms with Gasteiger partial charge in [-0.3, -0.25) is 4.79 Å². The van der Waals surface area contributed by atoms with Crippen molar-refractivity contribution in [2.45, 2.75) is 24.7 Å². The molecule has 168 valence electrons. The van der Waals surface area contributed by atoms with Crippen LogP contribution in [0.3, 0.4) is 0 Å². The normalized spacial score (nSPS) is 19.1. The van der Waals surface area contributed by atoms with E-state index in [1.165, 1.54) is 6.07 Å². The Kier molecular flexibility index (Phi) is 6.32. The average molecular weight is 465 g/mol. The molecule has 0 spiro atoms. The van der Waals surface area contributed by atoms with Gasteiger partial charge in [0.25, 0.3) is 5.91 Å². The number of nitrogens with zero attached hydrogens (tertiary/aromatic N) is 4. The van der Waals surface area contributed by atoms with Gasteiger partial charge in [0.05, 0.1) is 0 Å². The summed E-state index contributed by atoms with van der Waals surface area (Å²) in [5.41, 5.74) is 1.45. The summed E-state index contributed by atoms with van der Waals surface area (Å²) in [5.74, 6) is 0.409. The van der Waals surface area contributed by atoms with Crippen molar-refractivity contribution in [3.8, 4) is 0 Å². The molecule has 0 unspecified atom stereocenters. The monoisotopic (exact) mass is 464 g/mol. The zero-order valence-electron chi connectivity index (χ0n) is 18.0. The van der Waals surface area contributed by atoms with Crippen molar-refractivity contribution in [3.05, 3.63) is 47.2 Å². The van der Waals surface area contributed by atoms with E-state index in [1.807, 2.05) is 24.3 Å². The number of sulfonamides is 1. The van der Waals surface area contributed by atoms with Gasteiger partial charge in [-0.05, 0) is 43.0 Å². The van der Waals surface area contributed by atoms with Gasteiger partial charge in [-0.25, -0.2) is 8.42 Å². The van der Waals surface area contributed by atoms with Crippen molar-refractivity contribution in [1.82, 2.24) is 13.8 Å². The van der Waals surface area contributed by atoms with Gasteiger partial charge in [-0.1, -0.05) is 24.6 Å². The van der Waals surface area contributed by atoms with E-state index in [0.29, 0.717) is 55.9 Å². The summed E-state index contributed by atoms with van der Waals surface area (Å²) in [6, 6.07) is 9.23. The molecule has 3 heterocycles. The van der Waals surface area contributed by atoms with E-state index in [0.717, 1.165) is 18.5 Å². The first kappa shape index (κ1) is 22.2. The van der Waals surface area contributed by atoms with Crippen molar-refractivity contribution in [3.63, 3.8) is 0 Å². The molecule has 2 aliphatic rings. The minimum absolute atomic E-state index is 0.137. The SMILES string of the molecule is CC1CCN(S(=O)(=O)c2cc(C(=O)N3CCN(c4cccc(Cl)c4)CC3)n(C)c2)CC1. The highest BCUT2D eigenvalue weighted by atomic mass is 35.5. The van der Waals surface area contributed by atoms with Crippen LogP contribution in [0.1, 0.15) is 30.3 Å². The third-order valence-electron chi connectivity index (χ3n) is 6.32. The number of halogens is 1. The van der Waals surface area contributed by atoms with E-state index in [2.05, 4.69) is 11.8 Å². The molecule has 1 amide bonds. The molecule has 0 bridgehead atoms. The summed E-state index contributed by atoms with van der Waals surface area (Å²) in [6.07, 6.45) is 3.30. The van der Waals surface area contributed by atoms with Gasteiger partial charge < -0.3 is 14.4 Å². The maximum Gasteiger partial charge on any atom is 0.270 e. The molecule has 4 rings (SSSR count). The van der Waals surface area contributed by atoms with Crippen LogP contribution >= 0.6 is 11.6 Å². The number of benzene rings is 1. The summed E-state index contributed by atoms with van der Waals surface area (Å²) >= 11 is 6.10. The van der Waals surface area contributed by atoms with Gasteiger partial charge in [-0.2, -0.15) is 4.31 Å². The highest BCUT2D eigenvalue weighted by Gasteiger charge is 2.31. The van der Waals surface area contributed by atoms with Crippen molar-refractivity contribution >= 4 is 33.2 Å². The van der Waals surface area contributed by atoms with Crippen LogP contribution in [-0.2, 0) is 17.1 Å². The second-order valence-electron chi connectivity index (χ2n) is 8.52. The number of rotatable bonds is 4. The Morgan fingerprint density at radius 2 is 1.71 bits per heavy atom. The summed E-state index contributed by atoms with van der Waals surface area (Å²) in [7, 11) is -1.85. The predicted molar refractivity (Wildman–Crippen MR) is 122 cm³/mol. The third kappa shape index (κ3) is 4.61. The summed E-state index contributed by atoms with van der Waals surface area (Å²) in [4.78, 5) is 17.3. The molecule has 7 nitrogen and oxygen atoms in total. The number of hydrogen-bond acceptors (Lipinski definition) is 4. The third-order valence-corrected chi connectivity index (χ3v) is 8.42. The largest absolute Gasteiger partial charge is 0.368 e. The van der Waals surface area contributed by atoms with E-state index in [4.69, 9.17) is 11.6 Å². The van der Waals surface area contributed by atoms with Gasteiger partial charge >= 0.3 is 0 Å². The number of carbonyl (C=O) groups excluding carboxylic acids is 1. The molecular weight excluding hydrogens is 436 g/mol. The van der Waals surface area contributed by atoms with Crippen LogP contribution in [0.2, 0.25) is 5.02 Å². The van der Waals surface area contributed by atoms with Crippen molar-refractivity contribution in [1.29, 1.82) is 0 Å². The van der Waals surface area contributed by atoms with E-state index in [-0.39, 0.29) is 10.8 Å². The number of hydrogen-bond donors (Lipinski definition) is 0. The lowest BCUT2D eigenvalue weighted by Gasteiger charge is -2.36. The first-order chi connectivity index (χ1) is 14.8. The van der Waals surface area contributed by atoms with Gasteiger partial charge in [0.1, 0.15) is 10.6 Å². The molecule has 0 aliphatic carbocycles. The number of carbonyl (C=O) groups is 1. The summed E-state index contributed by atoms with van der Waals surface area (Å²) < 4.78 is 29.3. The Morgan fingerprint density at radius 1 is 1.03 bits per heavy atom. The van der Waals surface area contributed by atoms with Gasteiger partial charge in [0, 0.05) is 63.2 Å². The predicted octanol–water partition coefficient (Wildman–Crippen LogP) is 3.06. The van der Waals surface area contributed by atoms with Gasteiger partial charge in [0.2, 0.25) is 10.0 Å². The van der Waals surface area contributed by atoms with Gasteiger partial charge in [-0.15, -0.1) is 0 Å². The Labute approximate surface area is 189 Å². The molecule has 31 heavy (non-hydrogen) atoms. The molecule has 2 aromatic rings. The second kappa shape index (κ2) is 8.84. The lowest BCUT2D eigenvalue weighted by molar-refractivity contribution is 0.0737. The van der Waals surface area contributed by atoms with Crippen LogP contribution in [0.5, 0.6) is 0 Å². The van der Waals surface area contributed by atoms with Gasteiger partial charge in [0.15, 0.2) is 0 Å². The molecule has 1 aromatic heterocycles. The number of piperazine rings is 1. The number of anilines is 1. The molecule has 0 N–H and O–H groups in total. The van der Waals surface area contributed by atoms with E-state index in [9.17, 15) is 13.2 Å². The number of aryl methyl sites for hydroxylation is 1. The first-order valence-electron chi connectivity index (χ1n) is 10.7. The first-order valence-corrected chi connectivity index (χ1v) is 12.5. The summed E-state index contributed by atoms with van der Waals surface area (Å²) in [6.45, 7) is 5.77. The van der Waals surface area contributed by atoms with E-state index >= 15 is 0 Å². The molecule has 1 aromatic carbocycles. The molecule has 2 fully saturated rings. The average Bonchev–Trinajstić information content (AvgIpc) is 3.16. The van der Waals surface area contributed by atoms with Crippen LogP contribution in [0.4, 0.5) is 5.69 Å². The highest BCUT2D eigenvalue weighted by Crippen LogP contribution is 2.26. The standard InChI is InChI=1S/C22H29ClN4O3S/c1-17-6-8-27(9-7-17)31(29,30)20-15-21(24(2)16-20)22(28)26-12-10-25(11-13-26)19-5-3-4-18(23)14-19/h3-5,14-17H,6-13H2,1-2H3. The number of aromatic nitrogens is 1. The molecule has 2 aliphatic heterocycles. The molecule has 0 radical (unpaired) electrons. The number of amides is 1. The molecule has 0 saturated carbocycles. The Bertz CT molecular complexity index is 1050. The fourth-order valence-corrected chi connectivity index (χ4v) is 5.99. The van der Waals surface area contributed by atoms with Crippen LogP contribution in [0.25, 0.3) is 0 Å². The van der Waals surface area contributed by atoms with Crippen LogP contribution in [0, 0.1) is 5.92 Å². The lowest BCUT2D eigenvalue weighted by Crippen LogP contribution is -2.49. The lowest BCUT2D eigenvalue weighted by atomic mass is 10.0. The molecule has 9 heteroatoms.